The first-order valence-corrected chi connectivity index (χ1v) is 11.3. The van der Waals surface area contributed by atoms with Crippen LogP contribution in [0.1, 0.15) is 32.1 Å². The molecule has 0 aliphatic carbocycles. The fourth-order valence-corrected chi connectivity index (χ4v) is 6.74. The minimum absolute atomic E-state index is 0.0226. The number of hydrogen-bond acceptors (Lipinski definition) is 5. The maximum atomic E-state index is 13.1. The third kappa shape index (κ3) is 4.51. The molecule has 0 spiro atoms. The van der Waals surface area contributed by atoms with E-state index in [1.54, 1.807) is 16.4 Å². The van der Waals surface area contributed by atoms with Gasteiger partial charge in [-0.2, -0.15) is 4.31 Å². The topological polar surface area (TPSA) is 49.9 Å². The van der Waals surface area contributed by atoms with Crippen molar-refractivity contribution in [2.45, 2.75) is 42.4 Å². The van der Waals surface area contributed by atoms with Gasteiger partial charge < -0.3 is 9.64 Å². The molecule has 0 aromatic carbocycles. The molecule has 1 aromatic heterocycles. The van der Waals surface area contributed by atoms with E-state index in [-0.39, 0.29) is 6.04 Å². The number of likely N-dealkylation sites (tertiary alicyclic amines) is 1. The SMILES string of the molecule is O=S(=O)(c1ccc(Cl)s1)N(CCN1CCCCC1)C1CCOCC1. The highest BCUT2D eigenvalue weighted by atomic mass is 35.5. The van der Waals surface area contributed by atoms with Gasteiger partial charge in [-0.15, -0.1) is 11.3 Å². The lowest BCUT2D eigenvalue weighted by Crippen LogP contribution is -2.47. The lowest BCUT2D eigenvalue weighted by atomic mass is 10.1. The number of rotatable bonds is 6. The molecule has 2 fully saturated rings. The summed E-state index contributed by atoms with van der Waals surface area (Å²) in [6, 6.07) is 3.30. The van der Waals surface area contributed by atoms with Crippen LogP contribution in [-0.4, -0.2) is 63.1 Å². The van der Waals surface area contributed by atoms with Gasteiger partial charge in [-0.3, -0.25) is 0 Å². The average Bonchev–Trinajstić information content (AvgIpc) is 3.04. The molecule has 0 amide bonds. The van der Waals surface area contributed by atoms with Crippen molar-refractivity contribution in [1.82, 2.24) is 9.21 Å². The van der Waals surface area contributed by atoms with Gasteiger partial charge in [0.25, 0.3) is 10.0 Å². The van der Waals surface area contributed by atoms with E-state index < -0.39 is 10.0 Å². The van der Waals surface area contributed by atoms with E-state index in [1.807, 2.05) is 0 Å². The third-order valence-electron chi connectivity index (χ3n) is 4.79. The van der Waals surface area contributed by atoms with E-state index in [0.29, 0.717) is 28.3 Å². The van der Waals surface area contributed by atoms with Crippen LogP contribution in [0.3, 0.4) is 0 Å². The van der Waals surface area contributed by atoms with Crippen molar-refractivity contribution in [2.24, 2.45) is 0 Å². The Labute approximate surface area is 153 Å². The summed E-state index contributed by atoms with van der Waals surface area (Å²) in [5.41, 5.74) is 0. The van der Waals surface area contributed by atoms with Gasteiger partial charge in [0.05, 0.1) is 4.34 Å². The lowest BCUT2D eigenvalue weighted by Gasteiger charge is -2.35. The normalized spacial score (nSPS) is 21.4. The maximum Gasteiger partial charge on any atom is 0.252 e. The molecule has 0 saturated carbocycles. The molecule has 2 aliphatic heterocycles. The second kappa shape index (κ2) is 8.47. The largest absolute Gasteiger partial charge is 0.381 e. The van der Waals surface area contributed by atoms with Gasteiger partial charge in [0.2, 0.25) is 0 Å². The zero-order valence-electron chi connectivity index (χ0n) is 13.8. The highest BCUT2D eigenvalue weighted by Crippen LogP contribution is 2.30. The Kier molecular flexibility index (Phi) is 6.56. The molecule has 8 heteroatoms. The molecule has 0 bridgehead atoms. The standard InChI is InChI=1S/C16H25ClN2O3S2/c17-15-4-5-16(23-15)24(20,21)19(14-6-12-22-13-7-14)11-10-18-8-2-1-3-9-18/h4-5,14H,1-3,6-13H2. The number of hydrogen-bond donors (Lipinski definition) is 0. The van der Waals surface area contributed by atoms with Crippen LogP contribution in [0.25, 0.3) is 0 Å². The molecule has 136 valence electrons. The van der Waals surface area contributed by atoms with E-state index >= 15 is 0 Å². The zero-order valence-corrected chi connectivity index (χ0v) is 16.2. The number of nitrogens with zero attached hydrogens (tertiary/aromatic N) is 2. The lowest BCUT2D eigenvalue weighted by molar-refractivity contribution is 0.0558. The molecule has 2 saturated heterocycles. The Bertz CT molecular complexity index is 623. The summed E-state index contributed by atoms with van der Waals surface area (Å²) >= 11 is 7.10. The van der Waals surface area contributed by atoms with E-state index in [1.165, 1.54) is 19.3 Å². The van der Waals surface area contributed by atoms with Crippen LogP contribution in [0.2, 0.25) is 4.34 Å². The first-order valence-electron chi connectivity index (χ1n) is 8.64. The Morgan fingerprint density at radius 1 is 1.21 bits per heavy atom. The first-order chi connectivity index (χ1) is 11.6. The number of halogens is 1. The fourth-order valence-electron chi connectivity index (χ4n) is 3.45. The van der Waals surface area contributed by atoms with Crippen molar-refractivity contribution in [3.63, 3.8) is 0 Å². The fraction of sp³-hybridized carbons (Fsp3) is 0.750. The van der Waals surface area contributed by atoms with Gasteiger partial charge in [0.15, 0.2) is 0 Å². The van der Waals surface area contributed by atoms with Gasteiger partial charge in [0.1, 0.15) is 4.21 Å². The molecule has 0 atom stereocenters. The number of sulfonamides is 1. The predicted octanol–water partition coefficient (Wildman–Crippen LogP) is 3.06. The number of thiophene rings is 1. The average molecular weight is 393 g/mol. The van der Waals surface area contributed by atoms with Crippen LogP contribution in [0.4, 0.5) is 0 Å². The van der Waals surface area contributed by atoms with Crippen molar-refractivity contribution in [2.75, 3.05) is 39.4 Å². The maximum absolute atomic E-state index is 13.1. The van der Waals surface area contributed by atoms with Crippen molar-refractivity contribution in [3.05, 3.63) is 16.5 Å². The van der Waals surface area contributed by atoms with Crippen molar-refractivity contribution < 1.29 is 13.2 Å². The summed E-state index contributed by atoms with van der Waals surface area (Å²) < 4.78 is 34.2. The molecule has 2 aliphatic rings. The number of ether oxygens (including phenoxy) is 1. The van der Waals surface area contributed by atoms with Crippen molar-refractivity contribution in [3.8, 4) is 0 Å². The molecule has 3 heterocycles. The Balaban J connectivity index is 1.75. The summed E-state index contributed by atoms with van der Waals surface area (Å²) in [7, 11) is -3.50. The van der Waals surface area contributed by atoms with Crippen molar-refractivity contribution in [1.29, 1.82) is 0 Å². The smallest absolute Gasteiger partial charge is 0.252 e. The number of piperidine rings is 1. The van der Waals surface area contributed by atoms with Gasteiger partial charge in [-0.1, -0.05) is 18.0 Å². The van der Waals surface area contributed by atoms with E-state index in [9.17, 15) is 8.42 Å². The summed E-state index contributed by atoms with van der Waals surface area (Å²) in [6.45, 7) is 4.76. The molecule has 0 N–H and O–H groups in total. The second-order valence-electron chi connectivity index (χ2n) is 6.42. The summed E-state index contributed by atoms with van der Waals surface area (Å²) in [6.07, 6.45) is 5.23. The molecule has 5 nitrogen and oxygen atoms in total. The van der Waals surface area contributed by atoms with Crippen LogP contribution in [0, 0.1) is 0 Å². The molecule has 24 heavy (non-hydrogen) atoms. The van der Waals surface area contributed by atoms with Crippen LogP contribution in [0.5, 0.6) is 0 Å². The third-order valence-corrected chi connectivity index (χ3v) is 8.45. The van der Waals surface area contributed by atoms with E-state index in [0.717, 1.165) is 43.8 Å². The highest BCUT2D eigenvalue weighted by Gasteiger charge is 2.33. The summed E-state index contributed by atoms with van der Waals surface area (Å²) in [4.78, 5) is 2.38. The monoisotopic (exact) mass is 392 g/mol. The van der Waals surface area contributed by atoms with Gasteiger partial charge >= 0.3 is 0 Å². The van der Waals surface area contributed by atoms with E-state index in [4.69, 9.17) is 16.3 Å². The second-order valence-corrected chi connectivity index (χ2v) is 10.3. The molecule has 3 rings (SSSR count). The predicted molar refractivity (Wildman–Crippen MR) is 97.4 cm³/mol. The van der Waals surface area contributed by atoms with E-state index in [2.05, 4.69) is 4.90 Å². The van der Waals surface area contributed by atoms with Gasteiger partial charge in [-0.25, -0.2) is 8.42 Å². The summed E-state index contributed by atoms with van der Waals surface area (Å²) in [5.74, 6) is 0. The molecule has 0 unspecified atom stereocenters. The summed E-state index contributed by atoms with van der Waals surface area (Å²) in [5, 5.41) is 0. The quantitative estimate of drug-likeness (QED) is 0.746. The van der Waals surface area contributed by atoms with Crippen LogP contribution < -0.4 is 0 Å². The van der Waals surface area contributed by atoms with Gasteiger partial charge in [-0.05, 0) is 50.9 Å². The highest BCUT2D eigenvalue weighted by molar-refractivity contribution is 7.91. The Morgan fingerprint density at radius 2 is 1.92 bits per heavy atom. The zero-order chi connectivity index (χ0) is 17.0. The first kappa shape index (κ1) is 18.6. The molecule has 1 aromatic rings. The molecular weight excluding hydrogens is 368 g/mol. The minimum Gasteiger partial charge on any atom is -0.381 e. The Hall–Kier alpha value is -0.180. The van der Waals surface area contributed by atoms with Crippen LogP contribution in [0.15, 0.2) is 16.3 Å². The molecular formula is C16H25ClN2O3S2. The van der Waals surface area contributed by atoms with Crippen molar-refractivity contribution >= 4 is 33.0 Å². The van der Waals surface area contributed by atoms with Gasteiger partial charge in [0, 0.05) is 32.3 Å². The Morgan fingerprint density at radius 3 is 2.54 bits per heavy atom. The van der Waals surface area contributed by atoms with Crippen LogP contribution >= 0.6 is 22.9 Å². The van der Waals surface area contributed by atoms with Crippen LogP contribution in [-0.2, 0) is 14.8 Å². The minimum atomic E-state index is -3.50. The molecule has 0 radical (unpaired) electrons.